The van der Waals surface area contributed by atoms with E-state index in [-0.39, 0.29) is 19.3 Å². The van der Waals surface area contributed by atoms with E-state index >= 15 is 0 Å². The molecule has 26 heavy (non-hydrogen) atoms. The van der Waals surface area contributed by atoms with Crippen LogP contribution in [0, 0.1) is 5.92 Å². The monoisotopic (exact) mass is 359 g/mol. The summed E-state index contributed by atoms with van der Waals surface area (Å²) in [6, 6.07) is 7.50. The zero-order valence-electron chi connectivity index (χ0n) is 15.3. The molecule has 0 aliphatic carbocycles. The van der Waals surface area contributed by atoms with Crippen molar-refractivity contribution >= 4 is 23.0 Å². The van der Waals surface area contributed by atoms with Crippen LogP contribution in [0.15, 0.2) is 36.9 Å². The Kier molecular flexibility index (Phi) is 7.32. The predicted octanol–water partition coefficient (Wildman–Crippen LogP) is 3.07. The Labute approximate surface area is 153 Å². The van der Waals surface area contributed by atoms with E-state index in [1.807, 2.05) is 24.3 Å². The molecule has 0 radical (unpaired) electrons. The molecule has 2 rings (SSSR count). The van der Waals surface area contributed by atoms with Crippen LogP contribution in [0.3, 0.4) is 0 Å². The Hall–Kier alpha value is -2.70. The summed E-state index contributed by atoms with van der Waals surface area (Å²) in [5.41, 5.74) is 1.63. The molecule has 0 aliphatic rings. The Morgan fingerprint density at radius 3 is 2.08 bits per heavy atom. The number of esters is 2. The highest BCUT2D eigenvalue weighted by atomic mass is 16.6. The number of aromatic nitrogens is 3. The fourth-order valence-corrected chi connectivity index (χ4v) is 2.70. The summed E-state index contributed by atoms with van der Waals surface area (Å²) in [7, 11) is 0. The van der Waals surface area contributed by atoms with Gasteiger partial charge in [0.15, 0.2) is 5.92 Å². The van der Waals surface area contributed by atoms with Crippen molar-refractivity contribution < 1.29 is 19.1 Å². The van der Waals surface area contributed by atoms with Crippen LogP contribution < -0.4 is 0 Å². The van der Waals surface area contributed by atoms with Gasteiger partial charge in [-0.1, -0.05) is 18.2 Å². The molecule has 1 aromatic heterocycles. The quantitative estimate of drug-likeness (QED) is 0.368. The minimum absolute atomic E-state index is 0.118. The van der Waals surface area contributed by atoms with Crippen molar-refractivity contribution in [2.45, 2.75) is 39.2 Å². The molecule has 0 aliphatic heterocycles. The molecule has 1 unspecified atom stereocenters. The van der Waals surface area contributed by atoms with E-state index in [0.717, 1.165) is 11.0 Å². The van der Waals surface area contributed by atoms with E-state index in [1.165, 1.54) is 0 Å². The standard InChI is InChI=1S/C19H25N3O4/c1-4-14(22-20-16-12-7-8-13-17(16)21-22)10-9-11-15(18(23)25-5-2)19(24)26-6-3/h4,7-8,12-15H,1,5-6,9-11H2,2-3H3. The lowest BCUT2D eigenvalue weighted by Crippen LogP contribution is -2.28. The van der Waals surface area contributed by atoms with Gasteiger partial charge in [-0.2, -0.15) is 15.0 Å². The van der Waals surface area contributed by atoms with Crippen LogP contribution in [-0.4, -0.2) is 40.1 Å². The van der Waals surface area contributed by atoms with Gasteiger partial charge in [0.2, 0.25) is 0 Å². The first-order valence-electron chi connectivity index (χ1n) is 8.88. The Bertz CT molecular complexity index is 705. The third-order valence-electron chi connectivity index (χ3n) is 4.01. The predicted molar refractivity (Wildman–Crippen MR) is 97.4 cm³/mol. The topological polar surface area (TPSA) is 83.3 Å². The zero-order chi connectivity index (χ0) is 18.9. The number of ether oxygens (including phenoxy) is 2. The van der Waals surface area contributed by atoms with Crippen LogP contribution in [0.4, 0.5) is 0 Å². The Balaban J connectivity index is 2.00. The van der Waals surface area contributed by atoms with Crippen molar-refractivity contribution in [1.29, 1.82) is 0 Å². The zero-order valence-corrected chi connectivity index (χ0v) is 15.3. The number of carbonyl (C=O) groups excluding carboxylic acids is 2. The van der Waals surface area contributed by atoms with E-state index in [9.17, 15) is 9.59 Å². The third kappa shape index (κ3) is 4.91. The first-order valence-corrected chi connectivity index (χ1v) is 8.88. The average Bonchev–Trinajstić information content (AvgIpc) is 3.06. The lowest BCUT2D eigenvalue weighted by Gasteiger charge is -2.16. The molecule has 0 bridgehead atoms. The van der Waals surface area contributed by atoms with Gasteiger partial charge in [-0.05, 0) is 45.2 Å². The van der Waals surface area contributed by atoms with Crippen molar-refractivity contribution in [1.82, 2.24) is 15.0 Å². The summed E-state index contributed by atoms with van der Waals surface area (Å²) in [6.45, 7) is 7.73. The maximum Gasteiger partial charge on any atom is 0.320 e. The molecule has 140 valence electrons. The van der Waals surface area contributed by atoms with E-state index in [2.05, 4.69) is 16.8 Å². The fourth-order valence-electron chi connectivity index (χ4n) is 2.70. The molecule has 0 spiro atoms. The number of hydrogen-bond acceptors (Lipinski definition) is 6. The summed E-state index contributed by atoms with van der Waals surface area (Å²) >= 11 is 0. The number of benzene rings is 1. The van der Waals surface area contributed by atoms with Crippen LogP contribution in [0.5, 0.6) is 0 Å². The van der Waals surface area contributed by atoms with Gasteiger partial charge in [0.25, 0.3) is 0 Å². The van der Waals surface area contributed by atoms with Gasteiger partial charge < -0.3 is 9.47 Å². The largest absolute Gasteiger partial charge is 0.465 e. The summed E-state index contributed by atoms with van der Waals surface area (Å²) < 4.78 is 9.98. The van der Waals surface area contributed by atoms with Gasteiger partial charge >= 0.3 is 11.9 Å². The highest BCUT2D eigenvalue weighted by Crippen LogP contribution is 2.21. The number of nitrogens with zero attached hydrogens (tertiary/aromatic N) is 3. The summed E-state index contributed by atoms with van der Waals surface area (Å²) in [4.78, 5) is 25.7. The molecule has 0 saturated heterocycles. The minimum Gasteiger partial charge on any atom is -0.465 e. The van der Waals surface area contributed by atoms with Crippen LogP contribution >= 0.6 is 0 Å². The first kappa shape index (κ1) is 19.6. The molecule has 7 heteroatoms. The van der Waals surface area contributed by atoms with Crippen LogP contribution in [0.25, 0.3) is 11.0 Å². The maximum absolute atomic E-state index is 12.0. The number of hydrogen-bond donors (Lipinski definition) is 0. The highest BCUT2D eigenvalue weighted by molar-refractivity contribution is 5.94. The van der Waals surface area contributed by atoms with Crippen LogP contribution in [-0.2, 0) is 19.1 Å². The van der Waals surface area contributed by atoms with Gasteiger partial charge in [0.05, 0.1) is 19.3 Å². The van der Waals surface area contributed by atoms with E-state index in [1.54, 1.807) is 24.7 Å². The minimum atomic E-state index is -0.898. The third-order valence-corrected chi connectivity index (χ3v) is 4.01. The van der Waals surface area contributed by atoms with E-state index < -0.39 is 17.9 Å². The number of fused-ring (bicyclic) bond motifs is 1. The van der Waals surface area contributed by atoms with Gasteiger partial charge in [-0.15, -0.1) is 6.58 Å². The second-order valence-electron chi connectivity index (χ2n) is 5.80. The highest BCUT2D eigenvalue weighted by Gasteiger charge is 2.29. The van der Waals surface area contributed by atoms with Crippen molar-refractivity contribution in [3.05, 3.63) is 36.9 Å². The fraction of sp³-hybridized carbons (Fsp3) is 0.474. The van der Waals surface area contributed by atoms with Gasteiger partial charge in [0.1, 0.15) is 11.0 Å². The van der Waals surface area contributed by atoms with Gasteiger partial charge in [-0.3, -0.25) is 9.59 Å². The van der Waals surface area contributed by atoms with Crippen molar-refractivity contribution in [3.63, 3.8) is 0 Å². The number of carbonyl (C=O) groups is 2. The summed E-state index contributed by atoms with van der Waals surface area (Å²) in [6.07, 6.45) is 3.38. The molecule has 0 saturated carbocycles. The molecule has 1 aromatic carbocycles. The lowest BCUT2D eigenvalue weighted by atomic mass is 10.00. The lowest BCUT2D eigenvalue weighted by molar-refractivity contribution is -0.162. The normalized spacial score (nSPS) is 12.1. The second kappa shape index (κ2) is 9.70. The Morgan fingerprint density at radius 1 is 1.08 bits per heavy atom. The number of allylic oxidation sites excluding steroid dienone is 1. The molecule has 2 aromatic rings. The van der Waals surface area contributed by atoms with Crippen molar-refractivity contribution in [2.75, 3.05) is 13.2 Å². The van der Waals surface area contributed by atoms with E-state index in [4.69, 9.17) is 9.47 Å². The van der Waals surface area contributed by atoms with Crippen molar-refractivity contribution in [2.24, 2.45) is 5.92 Å². The Morgan fingerprint density at radius 2 is 1.62 bits per heavy atom. The molecule has 0 N–H and O–H groups in total. The first-order chi connectivity index (χ1) is 12.6. The van der Waals surface area contributed by atoms with Crippen LogP contribution in [0.1, 0.15) is 39.2 Å². The number of rotatable bonds is 10. The molecule has 0 fully saturated rings. The van der Waals surface area contributed by atoms with Gasteiger partial charge in [0, 0.05) is 0 Å². The SMILES string of the molecule is C=CC(CCCC(C(=O)OCC)C(=O)OCC)n1nc2ccccc2n1. The molecule has 1 atom stereocenters. The molecular weight excluding hydrogens is 334 g/mol. The smallest absolute Gasteiger partial charge is 0.320 e. The van der Waals surface area contributed by atoms with Crippen LogP contribution in [0.2, 0.25) is 0 Å². The second-order valence-corrected chi connectivity index (χ2v) is 5.80. The molecule has 7 nitrogen and oxygen atoms in total. The van der Waals surface area contributed by atoms with E-state index in [0.29, 0.717) is 19.3 Å². The molecule has 1 heterocycles. The summed E-state index contributed by atoms with van der Waals surface area (Å²) in [5, 5.41) is 8.92. The maximum atomic E-state index is 12.0. The molecule has 0 amide bonds. The molecular formula is C19H25N3O4. The summed E-state index contributed by atoms with van der Waals surface area (Å²) in [5.74, 6) is -1.97. The van der Waals surface area contributed by atoms with Crippen molar-refractivity contribution in [3.8, 4) is 0 Å². The average molecular weight is 359 g/mol. The van der Waals surface area contributed by atoms with Gasteiger partial charge in [-0.25, -0.2) is 0 Å².